The molecule has 1 aromatic carbocycles. The van der Waals surface area contributed by atoms with Crippen LogP contribution in [-0.4, -0.2) is 11.0 Å². The maximum Gasteiger partial charge on any atom is 0.101 e. The molecule has 0 bridgehead atoms. The highest BCUT2D eigenvalue weighted by molar-refractivity contribution is 7.99. The lowest BCUT2D eigenvalue weighted by atomic mass is 10.1. The lowest BCUT2D eigenvalue weighted by Gasteiger charge is -2.11. The van der Waals surface area contributed by atoms with Crippen LogP contribution in [0.3, 0.4) is 0 Å². The Hall–Kier alpha value is -1.03. The first-order chi connectivity index (χ1) is 9.54. The number of pyridine rings is 1. The summed E-state index contributed by atoms with van der Waals surface area (Å²) < 4.78 is 0. The van der Waals surface area contributed by atoms with Gasteiger partial charge in [-0.1, -0.05) is 43.3 Å². The highest BCUT2D eigenvalue weighted by atomic mass is 35.5. The number of benzene rings is 1. The van der Waals surface area contributed by atoms with Crippen LogP contribution in [0.5, 0.6) is 0 Å². The van der Waals surface area contributed by atoms with Gasteiger partial charge in [0.1, 0.15) is 5.03 Å². The van der Waals surface area contributed by atoms with E-state index in [1.54, 1.807) is 18.0 Å². The van der Waals surface area contributed by atoms with E-state index in [0.717, 1.165) is 11.6 Å². The molecule has 1 heterocycles. The second-order valence-electron chi connectivity index (χ2n) is 5.04. The fourth-order valence-electron chi connectivity index (χ4n) is 1.79. The van der Waals surface area contributed by atoms with Crippen molar-refractivity contribution in [1.82, 2.24) is 10.3 Å². The van der Waals surface area contributed by atoms with Crippen molar-refractivity contribution in [3.63, 3.8) is 0 Å². The molecular formula is C16H19ClN2S. The summed E-state index contributed by atoms with van der Waals surface area (Å²) in [6.45, 7) is 7.38. The molecule has 0 aliphatic rings. The average molecular weight is 307 g/mol. The Balaban J connectivity index is 2.06. The molecule has 0 aliphatic carbocycles. The van der Waals surface area contributed by atoms with E-state index in [9.17, 15) is 0 Å². The van der Waals surface area contributed by atoms with Gasteiger partial charge in [-0.05, 0) is 42.3 Å². The van der Waals surface area contributed by atoms with Crippen LogP contribution in [0.4, 0.5) is 0 Å². The van der Waals surface area contributed by atoms with Gasteiger partial charge in [0.05, 0.1) is 5.02 Å². The van der Waals surface area contributed by atoms with Crippen molar-refractivity contribution in [3.8, 4) is 0 Å². The Labute approximate surface area is 130 Å². The molecule has 4 heteroatoms. The third kappa shape index (κ3) is 4.51. The zero-order valence-corrected chi connectivity index (χ0v) is 13.6. The first-order valence-corrected chi connectivity index (χ1v) is 7.86. The Bertz CT molecular complexity index is 567. The van der Waals surface area contributed by atoms with E-state index < -0.39 is 0 Å². The molecule has 2 rings (SSSR count). The first kappa shape index (κ1) is 15.4. The highest BCUT2D eigenvalue weighted by Crippen LogP contribution is 2.28. The van der Waals surface area contributed by atoms with Gasteiger partial charge in [0.2, 0.25) is 0 Å². The van der Waals surface area contributed by atoms with Crippen LogP contribution in [0.1, 0.15) is 25.0 Å². The standard InChI is InChI=1S/C16H19ClN2S/c1-11(2)18-9-13-4-6-15(8-12(13)3)20-16-7-5-14(17)10-19-16/h4-8,10-11,18H,9H2,1-3H3. The predicted octanol–water partition coefficient (Wildman–Crippen LogP) is 4.69. The van der Waals surface area contributed by atoms with Gasteiger partial charge < -0.3 is 5.32 Å². The van der Waals surface area contributed by atoms with Crippen LogP contribution in [0, 0.1) is 6.92 Å². The zero-order valence-electron chi connectivity index (χ0n) is 12.0. The third-order valence-corrected chi connectivity index (χ3v) is 4.10. The SMILES string of the molecule is Cc1cc(Sc2ccc(Cl)cn2)ccc1CNC(C)C. The summed E-state index contributed by atoms with van der Waals surface area (Å²) in [5.74, 6) is 0. The van der Waals surface area contributed by atoms with Crippen molar-refractivity contribution in [1.29, 1.82) is 0 Å². The molecule has 20 heavy (non-hydrogen) atoms. The van der Waals surface area contributed by atoms with Crippen molar-refractivity contribution in [2.75, 3.05) is 0 Å². The zero-order chi connectivity index (χ0) is 14.5. The van der Waals surface area contributed by atoms with E-state index in [4.69, 9.17) is 11.6 Å². The normalized spacial score (nSPS) is 11.1. The van der Waals surface area contributed by atoms with Gasteiger partial charge in [-0.2, -0.15) is 0 Å². The van der Waals surface area contributed by atoms with Gasteiger partial charge in [0, 0.05) is 23.7 Å². The smallest absolute Gasteiger partial charge is 0.101 e. The number of hydrogen-bond acceptors (Lipinski definition) is 3. The molecule has 0 saturated carbocycles. The summed E-state index contributed by atoms with van der Waals surface area (Å²) in [4.78, 5) is 5.50. The fraction of sp³-hybridized carbons (Fsp3) is 0.312. The van der Waals surface area contributed by atoms with Crippen molar-refractivity contribution in [2.45, 2.75) is 43.3 Å². The molecule has 106 valence electrons. The molecule has 0 radical (unpaired) electrons. The summed E-state index contributed by atoms with van der Waals surface area (Å²) >= 11 is 7.50. The van der Waals surface area contributed by atoms with Gasteiger partial charge in [0.15, 0.2) is 0 Å². The van der Waals surface area contributed by atoms with Crippen molar-refractivity contribution in [3.05, 3.63) is 52.7 Å². The van der Waals surface area contributed by atoms with Crippen molar-refractivity contribution in [2.24, 2.45) is 0 Å². The molecule has 2 aromatic rings. The molecule has 0 spiro atoms. The second-order valence-corrected chi connectivity index (χ2v) is 6.57. The van der Waals surface area contributed by atoms with Crippen LogP contribution in [0.2, 0.25) is 5.02 Å². The Morgan fingerprint density at radius 2 is 2.05 bits per heavy atom. The molecule has 2 nitrogen and oxygen atoms in total. The monoisotopic (exact) mass is 306 g/mol. The molecule has 1 N–H and O–H groups in total. The van der Waals surface area contributed by atoms with E-state index in [2.05, 4.69) is 49.3 Å². The van der Waals surface area contributed by atoms with Gasteiger partial charge >= 0.3 is 0 Å². The molecule has 0 amide bonds. The lowest BCUT2D eigenvalue weighted by molar-refractivity contribution is 0.587. The molecule has 0 saturated heterocycles. The Morgan fingerprint density at radius 3 is 2.65 bits per heavy atom. The summed E-state index contributed by atoms with van der Waals surface area (Å²) in [6, 6.07) is 10.8. The van der Waals surface area contributed by atoms with Crippen LogP contribution in [-0.2, 0) is 6.54 Å². The Kier molecular flexibility index (Phi) is 5.46. The molecule has 1 aromatic heterocycles. The van der Waals surface area contributed by atoms with Crippen LogP contribution in [0.15, 0.2) is 46.5 Å². The molecular weight excluding hydrogens is 288 g/mol. The highest BCUT2D eigenvalue weighted by Gasteiger charge is 2.04. The third-order valence-electron chi connectivity index (χ3n) is 2.94. The second kappa shape index (κ2) is 7.11. The topological polar surface area (TPSA) is 24.9 Å². The van der Waals surface area contributed by atoms with E-state index in [1.165, 1.54) is 16.0 Å². The van der Waals surface area contributed by atoms with Crippen molar-refractivity contribution < 1.29 is 0 Å². The van der Waals surface area contributed by atoms with Gasteiger partial charge in [-0.3, -0.25) is 0 Å². The van der Waals surface area contributed by atoms with Crippen molar-refractivity contribution >= 4 is 23.4 Å². The van der Waals surface area contributed by atoms with Gasteiger partial charge in [-0.25, -0.2) is 4.98 Å². The number of halogens is 1. The van der Waals surface area contributed by atoms with E-state index >= 15 is 0 Å². The minimum atomic E-state index is 0.502. The summed E-state index contributed by atoms with van der Waals surface area (Å²) in [7, 11) is 0. The minimum absolute atomic E-state index is 0.502. The quantitative estimate of drug-likeness (QED) is 0.867. The molecule has 0 atom stereocenters. The molecule has 0 aliphatic heterocycles. The van der Waals surface area contributed by atoms with Gasteiger partial charge in [0.25, 0.3) is 0 Å². The van der Waals surface area contributed by atoms with Crippen LogP contribution >= 0.6 is 23.4 Å². The maximum atomic E-state index is 5.84. The van der Waals surface area contributed by atoms with E-state index in [-0.39, 0.29) is 0 Å². The van der Waals surface area contributed by atoms with E-state index in [1.807, 2.05) is 12.1 Å². The Morgan fingerprint density at radius 1 is 1.25 bits per heavy atom. The van der Waals surface area contributed by atoms with Crippen LogP contribution in [0.25, 0.3) is 0 Å². The average Bonchev–Trinajstić information content (AvgIpc) is 2.40. The number of nitrogens with one attached hydrogen (secondary N) is 1. The summed E-state index contributed by atoms with van der Waals surface area (Å²) in [6.07, 6.45) is 1.68. The number of rotatable bonds is 5. The summed E-state index contributed by atoms with van der Waals surface area (Å²) in [5, 5.41) is 5.07. The number of hydrogen-bond donors (Lipinski definition) is 1. The maximum absolute atomic E-state index is 5.84. The number of aromatic nitrogens is 1. The van der Waals surface area contributed by atoms with E-state index in [0.29, 0.717) is 11.1 Å². The first-order valence-electron chi connectivity index (χ1n) is 6.67. The number of aryl methyl sites for hydroxylation is 1. The minimum Gasteiger partial charge on any atom is -0.310 e. The molecule has 0 fully saturated rings. The lowest BCUT2D eigenvalue weighted by Crippen LogP contribution is -2.22. The van der Waals surface area contributed by atoms with Crippen LogP contribution < -0.4 is 5.32 Å². The largest absolute Gasteiger partial charge is 0.310 e. The molecule has 0 unspecified atom stereocenters. The van der Waals surface area contributed by atoms with Gasteiger partial charge in [-0.15, -0.1) is 0 Å². The fourth-order valence-corrected chi connectivity index (χ4v) is 2.75. The predicted molar refractivity (Wildman–Crippen MR) is 86.5 cm³/mol. The number of nitrogens with zero attached hydrogens (tertiary/aromatic N) is 1. The summed E-state index contributed by atoms with van der Waals surface area (Å²) in [5.41, 5.74) is 2.64.